The van der Waals surface area contributed by atoms with Gasteiger partial charge in [-0.3, -0.25) is 0 Å². The maximum Gasteiger partial charge on any atom is 0.223 e. The summed E-state index contributed by atoms with van der Waals surface area (Å²) in [5.74, 6) is 2.44. The summed E-state index contributed by atoms with van der Waals surface area (Å²) in [6.45, 7) is 3.00. The number of nitrogen functional groups attached to an aromatic ring is 1. The Morgan fingerprint density at radius 1 is 1.19 bits per heavy atom. The third-order valence-corrected chi connectivity index (χ3v) is 3.65. The molecule has 5 nitrogen and oxygen atoms in total. The first-order valence-electron chi connectivity index (χ1n) is 7.46. The van der Waals surface area contributed by atoms with Crippen LogP contribution in [0.5, 0.6) is 0 Å². The summed E-state index contributed by atoms with van der Waals surface area (Å²) in [6, 6.07) is 12.9. The minimum atomic E-state index is 0.301. The number of hydrogen-bond acceptors (Lipinski definition) is 5. The van der Waals surface area contributed by atoms with E-state index in [9.17, 15) is 0 Å². The summed E-state index contributed by atoms with van der Waals surface area (Å²) in [6.07, 6.45) is 2.18. The molecule has 0 amide bonds. The predicted octanol–water partition coefficient (Wildman–Crippen LogP) is 2.85. The van der Waals surface area contributed by atoms with Gasteiger partial charge in [0, 0.05) is 24.6 Å². The molecule has 1 aromatic heterocycles. The minimum absolute atomic E-state index is 0.301. The highest BCUT2D eigenvalue weighted by Crippen LogP contribution is 2.42. The third kappa shape index (κ3) is 3.42. The van der Waals surface area contributed by atoms with Crippen molar-refractivity contribution in [2.24, 2.45) is 0 Å². The van der Waals surface area contributed by atoms with Gasteiger partial charge >= 0.3 is 0 Å². The average Bonchev–Trinajstić information content (AvgIpc) is 3.24. The van der Waals surface area contributed by atoms with E-state index in [2.05, 4.69) is 51.8 Å². The summed E-state index contributed by atoms with van der Waals surface area (Å²) in [5, 5.41) is 6.69. The molecule has 1 fully saturated rings. The number of aromatic nitrogens is 2. The highest BCUT2D eigenvalue weighted by molar-refractivity contribution is 5.53. The van der Waals surface area contributed by atoms with Crippen LogP contribution >= 0.6 is 0 Å². The molecule has 2 atom stereocenters. The van der Waals surface area contributed by atoms with Crippen LogP contribution in [-0.4, -0.2) is 22.6 Å². The monoisotopic (exact) mass is 283 g/mol. The smallest absolute Gasteiger partial charge is 0.223 e. The highest BCUT2D eigenvalue weighted by atomic mass is 15.1. The van der Waals surface area contributed by atoms with Crippen LogP contribution in [0.4, 0.5) is 17.6 Å². The lowest BCUT2D eigenvalue weighted by atomic mass is 10.1. The quantitative estimate of drug-likeness (QED) is 0.760. The van der Waals surface area contributed by atoms with Crippen LogP contribution < -0.4 is 16.4 Å². The van der Waals surface area contributed by atoms with E-state index in [0.29, 0.717) is 17.9 Å². The van der Waals surface area contributed by atoms with Crippen LogP contribution in [0.2, 0.25) is 0 Å². The first-order valence-corrected chi connectivity index (χ1v) is 7.46. The van der Waals surface area contributed by atoms with Crippen molar-refractivity contribution in [3.05, 3.63) is 42.0 Å². The minimum Gasteiger partial charge on any atom is -0.370 e. The van der Waals surface area contributed by atoms with Gasteiger partial charge in [-0.2, -0.15) is 9.97 Å². The van der Waals surface area contributed by atoms with Gasteiger partial charge in [0.2, 0.25) is 5.95 Å². The van der Waals surface area contributed by atoms with E-state index in [0.717, 1.165) is 31.0 Å². The predicted molar refractivity (Wildman–Crippen MR) is 86.4 cm³/mol. The number of nitrogens with zero attached hydrogens (tertiary/aromatic N) is 2. The first kappa shape index (κ1) is 13.7. The molecule has 1 heterocycles. The molecule has 2 unspecified atom stereocenters. The molecule has 4 N–H and O–H groups in total. The fraction of sp³-hybridized carbons (Fsp3) is 0.375. The Balaban J connectivity index is 1.65. The zero-order chi connectivity index (χ0) is 14.7. The summed E-state index contributed by atoms with van der Waals surface area (Å²) in [7, 11) is 0. The molecule has 0 saturated heterocycles. The maximum absolute atomic E-state index is 5.77. The lowest BCUT2D eigenvalue weighted by molar-refractivity contribution is 0.963. The van der Waals surface area contributed by atoms with Crippen LogP contribution in [-0.2, 0) is 0 Å². The Morgan fingerprint density at radius 3 is 2.71 bits per heavy atom. The van der Waals surface area contributed by atoms with E-state index in [1.165, 1.54) is 5.56 Å². The van der Waals surface area contributed by atoms with Gasteiger partial charge in [0.1, 0.15) is 11.6 Å². The van der Waals surface area contributed by atoms with Gasteiger partial charge in [-0.05, 0) is 18.4 Å². The van der Waals surface area contributed by atoms with E-state index in [-0.39, 0.29) is 0 Å². The zero-order valence-corrected chi connectivity index (χ0v) is 12.2. The summed E-state index contributed by atoms with van der Waals surface area (Å²) >= 11 is 0. The molecular weight excluding hydrogens is 262 g/mol. The molecule has 1 saturated carbocycles. The van der Waals surface area contributed by atoms with E-state index in [4.69, 9.17) is 5.73 Å². The van der Waals surface area contributed by atoms with Crippen molar-refractivity contribution in [2.45, 2.75) is 31.7 Å². The topological polar surface area (TPSA) is 75.9 Å². The summed E-state index contributed by atoms with van der Waals surface area (Å²) in [4.78, 5) is 8.46. The molecule has 0 bridgehead atoms. The Kier molecular flexibility index (Phi) is 3.90. The lowest BCUT2D eigenvalue weighted by Gasteiger charge is -2.09. The van der Waals surface area contributed by atoms with Gasteiger partial charge in [-0.25, -0.2) is 0 Å². The molecule has 3 rings (SSSR count). The second-order valence-corrected chi connectivity index (χ2v) is 5.43. The van der Waals surface area contributed by atoms with Crippen molar-refractivity contribution in [3.63, 3.8) is 0 Å². The Morgan fingerprint density at radius 2 is 1.95 bits per heavy atom. The lowest BCUT2D eigenvalue weighted by Crippen LogP contribution is -2.10. The van der Waals surface area contributed by atoms with Gasteiger partial charge in [0.15, 0.2) is 0 Å². The van der Waals surface area contributed by atoms with Crippen LogP contribution in [0.25, 0.3) is 0 Å². The van der Waals surface area contributed by atoms with Gasteiger partial charge < -0.3 is 16.4 Å². The number of anilines is 3. The summed E-state index contributed by atoms with van der Waals surface area (Å²) in [5.41, 5.74) is 7.15. The Hall–Kier alpha value is -2.30. The van der Waals surface area contributed by atoms with Crippen LogP contribution in [0.15, 0.2) is 36.4 Å². The number of nitrogens with two attached hydrogens (primary N) is 1. The van der Waals surface area contributed by atoms with Gasteiger partial charge in [0.05, 0.1) is 0 Å². The molecule has 5 heteroatoms. The molecule has 110 valence electrons. The summed E-state index contributed by atoms with van der Waals surface area (Å²) < 4.78 is 0. The second-order valence-electron chi connectivity index (χ2n) is 5.43. The molecule has 0 radical (unpaired) electrons. The third-order valence-electron chi connectivity index (χ3n) is 3.65. The number of benzene rings is 1. The fourth-order valence-corrected chi connectivity index (χ4v) is 2.50. The number of nitrogens with one attached hydrogen (secondary N) is 2. The molecule has 2 aromatic rings. The van der Waals surface area contributed by atoms with Crippen molar-refractivity contribution in [1.29, 1.82) is 0 Å². The van der Waals surface area contributed by atoms with E-state index < -0.39 is 0 Å². The number of rotatable bonds is 6. The largest absolute Gasteiger partial charge is 0.370 e. The van der Waals surface area contributed by atoms with E-state index in [1.54, 1.807) is 0 Å². The van der Waals surface area contributed by atoms with Gasteiger partial charge in [0.25, 0.3) is 0 Å². The molecule has 1 aliphatic rings. The molecular formula is C16H21N5. The molecule has 0 spiro atoms. The standard InChI is InChI=1S/C16H21N5/c1-2-8-18-14-10-15(21-16(17)20-14)19-13-9-12(13)11-6-4-3-5-7-11/h3-7,10,12-13H,2,8-9H2,1H3,(H4,17,18,19,20,21). The Bertz CT molecular complexity index is 599. The SMILES string of the molecule is CCCNc1cc(NC2CC2c2ccccc2)nc(N)n1. The zero-order valence-electron chi connectivity index (χ0n) is 12.2. The number of hydrogen-bond donors (Lipinski definition) is 3. The Labute approximate surface area is 125 Å². The fourth-order valence-electron chi connectivity index (χ4n) is 2.50. The van der Waals surface area contributed by atoms with Crippen LogP contribution in [0.3, 0.4) is 0 Å². The van der Waals surface area contributed by atoms with Crippen molar-refractivity contribution in [1.82, 2.24) is 9.97 Å². The van der Waals surface area contributed by atoms with Crippen molar-refractivity contribution in [3.8, 4) is 0 Å². The average molecular weight is 283 g/mol. The second kappa shape index (κ2) is 5.99. The molecule has 1 aromatic carbocycles. The molecule has 21 heavy (non-hydrogen) atoms. The van der Waals surface area contributed by atoms with Crippen molar-refractivity contribution >= 4 is 17.6 Å². The van der Waals surface area contributed by atoms with E-state index >= 15 is 0 Å². The maximum atomic E-state index is 5.77. The van der Waals surface area contributed by atoms with Crippen LogP contribution in [0, 0.1) is 0 Å². The normalized spacial score (nSPS) is 20.0. The highest BCUT2D eigenvalue weighted by Gasteiger charge is 2.38. The van der Waals surface area contributed by atoms with Gasteiger partial charge in [-0.15, -0.1) is 0 Å². The van der Waals surface area contributed by atoms with Crippen molar-refractivity contribution < 1.29 is 0 Å². The first-order chi connectivity index (χ1) is 10.3. The van der Waals surface area contributed by atoms with E-state index in [1.807, 2.05) is 12.1 Å². The molecule has 1 aliphatic carbocycles. The molecule has 0 aliphatic heterocycles. The van der Waals surface area contributed by atoms with Crippen molar-refractivity contribution in [2.75, 3.05) is 22.9 Å². The van der Waals surface area contributed by atoms with Gasteiger partial charge in [-0.1, -0.05) is 37.3 Å². The van der Waals surface area contributed by atoms with Crippen LogP contribution in [0.1, 0.15) is 31.2 Å².